The molecule has 12 heavy (non-hydrogen) atoms. The van der Waals surface area contributed by atoms with Gasteiger partial charge in [0.05, 0.1) is 0 Å². The second kappa shape index (κ2) is 3.61. The normalized spacial score (nSPS) is 17.4. The summed E-state index contributed by atoms with van der Waals surface area (Å²) >= 11 is 0.674. The molecular weight excluding hydrogens is 213 g/mol. The molecule has 2 heteroatoms. The van der Waals surface area contributed by atoms with Crippen LogP contribution < -0.4 is 0 Å². The van der Waals surface area contributed by atoms with Crippen molar-refractivity contribution in [2.24, 2.45) is 0 Å². The van der Waals surface area contributed by atoms with E-state index in [4.69, 9.17) is 0 Å². The van der Waals surface area contributed by atoms with E-state index in [1.54, 1.807) is 5.56 Å². The van der Waals surface area contributed by atoms with Gasteiger partial charge in [0.25, 0.3) is 0 Å². The van der Waals surface area contributed by atoms with Crippen molar-refractivity contribution < 1.29 is 0 Å². The van der Waals surface area contributed by atoms with Gasteiger partial charge in [-0.1, -0.05) is 0 Å². The first-order valence-electron chi connectivity index (χ1n) is 4.26. The van der Waals surface area contributed by atoms with Crippen LogP contribution in [-0.2, 0) is 13.0 Å². The van der Waals surface area contributed by atoms with Gasteiger partial charge in [0.15, 0.2) is 0 Å². The molecule has 1 aliphatic heterocycles. The molecule has 0 unspecified atom stereocenters. The molecule has 0 radical (unpaired) electrons. The van der Waals surface area contributed by atoms with Gasteiger partial charge in [-0.25, -0.2) is 0 Å². The third kappa shape index (κ3) is 1.56. The van der Waals surface area contributed by atoms with E-state index in [-0.39, 0.29) is 0 Å². The van der Waals surface area contributed by atoms with Crippen LogP contribution in [0.15, 0.2) is 24.3 Å². The van der Waals surface area contributed by atoms with Crippen molar-refractivity contribution in [3.63, 3.8) is 0 Å². The van der Waals surface area contributed by atoms with Crippen LogP contribution in [0.3, 0.4) is 0 Å². The Morgan fingerprint density at radius 2 is 2.00 bits per heavy atom. The SMILES string of the molecule is C[Se]N1CCc2ccccc2C1. The van der Waals surface area contributed by atoms with Crippen LogP contribution in [0.25, 0.3) is 0 Å². The second-order valence-electron chi connectivity index (χ2n) is 3.06. The van der Waals surface area contributed by atoms with Gasteiger partial charge in [-0.2, -0.15) is 0 Å². The van der Waals surface area contributed by atoms with E-state index in [1.807, 2.05) is 0 Å². The molecule has 1 aliphatic rings. The fourth-order valence-electron chi connectivity index (χ4n) is 1.63. The maximum atomic E-state index is 2.55. The van der Waals surface area contributed by atoms with Crippen LogP contribution >= 0.6 is 0 Å². The first-order chi connectivity index (χ1) is 5.90. The summed E-state index contributed by atoms with van der Waals surface area (Å²) in [6.07, 6.45) is 1.24. The molecule has 0 fully saturated rings. The number of fused-ring (bicyclic) bond motifs is 1. The van der Waals surface area contributed by atoms with Crippen LogP contribution in [-0.4, -0.2) is 25.6 Å². The van der Waals surface area contributed by atoms with Gasteiger partial charge in [0.2, 0.25) is 0 Å². The van der Waals surface area contributed by atoms with Crippen LogP contribution in [0.2, 0.25) is 5.82 Å². The summed E-state index contributed by atoms with van der Waals surface area (Å²) in [5.74, 6) is 2.29. The maximum absolute atomic E-state index is 2.55. The Hall–Kier alpha value is -0.301. The van der Waals surface area contributed by atoms with Gasteiger partial charge in [-0.3, -0.25) is 0 Å². The second-order valence-corrected chi connectivity index (χ2v) is 4.91. The van der Waals surface area contributed by atoms with E-state index in [1.165, 1.54) is 25.1 Å². The molecule has 1 aromatic rings. The van der Waals surface area contributed by atoms with Gasteiger partial charge in [0.1, 0.15) is 0 Å². The predicted octanol–water partition coefficient (Wildman–Crippen LogP) is 1.71. The van der Waals surface area contributed by atoms with E-state index in [9.17, 15) is 0 Å². The number of nitrogens with zero attached hydrogens (tertiary/aromatic N) is 1. The molecule has 0 aromatic heterocycles. The van der Waals surface area contributed by atoms with Gasteiger partial charge in [-0.05, 0) is 0 Å². The van der Waals surface area contributed by atoms with Crippen molar-refractivity contribution in [1.82, 2.24) is 3.92 Å². The third-order valence-electron chi connectivity index (χ3n) is 2.35. The van der Waals surface area contributed by atoms with Crippen LogP contribution in [0.5, 0.6) is 0 Å². The topological polar surface area (TPSA) is 3.24 Å². The average molecular weight is 226 g/mol. The minimum atomic E-state index is 0.674. The van der Waals surface area contributed by atoms with Crippen molar-refractivity contribution in [2.75, 3.05) is 6.54 Å². The van der Waals surface area contributed by atoms with Crippen LogP contribution in [0.4, 0.5) is 0 Å². The van der Waals surface area contributed by atoms with Crippen molar-refractivity contribution in [3.8, 4) is 0 Å². The summed E-state index contributed by atoms with van der Waals surface area (Å²) < 4.78 is 2.55. The van der Waals surface area contributed by atoms with Gasteiger partial charge < -0.3 is 0 Å². The molecule has 1 heterocycles. The molecule has 0 spiro atoms. The summed E-state index contributed by atoms with van der Waals surface area (Å²) in [7, 11) is 0. The van der Waals surface area contributed by atoms with Crippen molar-refractivity contribution in [1.29, 1.82) is 0 Å². The molecule has 0 saturated carbocycles. The fourth-order valence-corrected chi connectivity index (χ4v) is 2.76. The Morgan fingerprint density at radius 3 is 2.75 bits per heavy atom. The molecule has 0 aliphatic carbocycles. The number of benzene rings is 1. The van der Waals surface area contributed by atoms with Crippen LogP contribution in [0, 0.1) is 0 Å². The molecule has 64 valence electrons. The monoisotopic (exact) mass is 227 g/mol. The van der Waals surface area contributed by atoms with E-state index in [0.29, 0.717) is 15.2 Å². The Bertz CT molecular complexity index is 272. The predicted molar refractivity (Wildman–Crippen MR) is 52.2 cm³/mol. The Morgan fingerprint density at radius 1 is 1.25 bits per heavy atom. The number of hydrogen-bond acceptors (Lipinski definition) is 1. The summed E-state index contributed by atoms with van der Waals surface area (Å²) in [5.41, 5.74) is 3.09. The third-order valence-corrected chi connectivity index (χ3v) is 4.09. The Kier molecular flexibility index (Phi) is 2.50. The molecule has 0 saturated heterocycles. The molecule has 0 amide bonds. The molecule has 0 atom stereocenters. The van der Waals surface area contributed by atoms with Crippen molar-refractivity contribution in [2.45, 2.75) is 18.8 Å². The zero-order chi connectivity index (χ0) is 8.39. The van der Waals surface area contributed by atoms with E-state index < -0.39 is 0 Å². The summed E-state index contributed by atoms with van der Waals surface area (Å²) in [6.45, 7) is 2.43. The molecule has 1 nitrogen and oxygen atoms in total. The number of hydrogen-bond donors (Lipinski definition) is 0. The molecule has 0 N–H and O–H groups in total. The van der Waals surface area contributed by atoms with E-state index in [2.05, 4.69) is 34.0 Å². The fraction of sp³-hybridized carbons (Fsp3) is 0.400. The van der Waals surface area contributed by atoms with Gasteiger partial charge in [0, 0.05) is 0 Å². The number of rotatable bonds is 1. The standard InChI is InChI=1S/C10H13NSe/c1-12-11-7-6-9-4-2-3-5-10(9)8-11/h2-5H,6-8H2,1H3. The molecular formula is C10H13NSe. The van der Waals surface area contributed by atoms with Crippen molar-refractivity contribution >= 4 is 15.2 Å². The first-order valence-corrected chi connectivity index (χ1v) is 6.74. The first kappa shape index (κ1) is 8.30. The molecule has 1 aromatic carbocycles. The molecule has 0 bridgehead atoms. The quantitative estimate of drug-likeness (QED) is 0.659. The minimum absolute atomic E-state index is 0.674. The zero-order valence-corrected chi connectivity index (χ0v) is 9.00. The Labute approximate surface area is 80.1 Å². The summed E-state index contributed by atoms with van der Waals surface area (Å²) in [6, 6.07) is 8.80. The van der Waals surface area contributed by atoms with Gasteiger partial charge in [-0.15, -0.1) is 0 Å². The van der Waals surface area contributed by atoms with Crippen LogP contribution in [0.1, 0.15) is 11.1 Å². The van der Waals surface area contributed by atoms with E-state index in [0.717, 1.165) is 0 Å². The zero-order valence-electron chi connectivity index (χ0n) is 7.29. The van der Waals surface area contributed by atoms with Gasteiger partial charge >= 0.3 is 79.8 Å². The van der Waals surface area contributed by atoms with E-state index >= 15 is 0 Å². The summed E-state index contributed by atoms with van der Waals surface area (Å²) in [5, 5.41) is 0. The average Bonchev–Trinajstić information content (AvgIpc) is 2.17. The molecule has 2 rings (SSSR count). The Balaban J connectivity index is 2.23. The van der Waals surface area contributed by atoms with Crippen molar-refractivity contribution in [3.05, 3.63) is 35.4 Å². The summed E-state index contributed by atoms with van der Waals surface area (Å²) in [4.78, 5) is 0.